The molecule has 0 radical (unpaired) electrons. The van der Waals surface area contributed by atoms with Crippen LogP contribution in [0, 0.1) is 17.7 Å². The second-order valence-electron chi connectivity index (χ2n) is 11.8. The molecule has 4 aliphatic heterocycles. The number of hydrogen-bond donors (Lipinski definition) is 0. The highest BCUT2D eigenvalue weighted by atomic mass is 32.2. The first kappa shape index (κ1) is 32.7. The van der Waals surface area contributed by atoms with Gasteiger partial charge in [0.1, 0.15) is 15.9 Å². The minimum atomic E-state index is -3.69. The Morgan fingerprint density at radius 3 is 2.43 bits per heavy atom. The first-order valence-corrected chi connectivity index (χ1v) is 17.7. The van der Waals surface area contributed by atoms with Gasteiger partial charge in [-0.1, -0.05) is 0 Å². The van der Waals surface area contributed by atoms with Crippen LogP contribution in [-0.2, 0) is 35.6 Å². The van der Waals surface area contributed by atoms with Gasteiger partial charge < -0.3 is 14.4 Å². The molecular formula is C31H36FN5O7S2. The van der Waals surface area contributed by atoms with Crippen LogP contribution in [0.15, 0.2) is 50.6 Å². The lowest BCUT2D eigenvalue weighted by Crippen LogP contribution is -2.46. The molecular weight excluding hydrogens is 638 g/mol. The summed E-state index contributed by atoms with van der Waals surface area (Å²) in [4.78, 5) is 52.5. The molecule has 46 heavy (non-hydrogen) atoms. The highest BCUT2D eigenvalue weighted by Gasteiger charge is 2.34. The molecule has 5 heterocycles. The molecule has 3 fully saturated rings. The number of thiophene rings is 1. The fourth-order valence-corrected chi connectivity index (χ4v) is 8.98. The Morgan fingerprint density at radius 2 is 1.70 bits per heavy atom. The number of carbonyl (C=O) groups is 3. The number of Topliss-reactive ketones (excluding diaryl/α,β-unsaturated/α-hetero) is 1. The van der Waals surface area contributed by atoms with Gasteiger partial charge in [-0.05, 0) is 62.3 Å². The summed E-state index contributed by atoms with van der Waals surface area (Å²) >= 11 is 1.11. The zero-order chi connectivity index (χ0) is 32.3. The molecule has 1 unspecified atom stereocenters. The summed E-state index contributed by atoms with van der Waals surface area (Å²) in [6.45, 7) is 3.20. The van der Waals surface area contributed by atoms with E-state index < -0.39 is 21.8 Å². The van der Waals surface area contributed by atoms with E-state index in [1.165, 1.54) is 28.6 Å². The van der Waals surface area contributed by atoms with Crippen molar-refractivity contribution < 1.29 is 36.7 Å². The predicted molar refractivity (Wildman–Crippen MR) is 168 cm³/mol. The average molecular weight is 674 g/mol. The third-order valence-electron chi connectivity index (χ3n) is 8.68. The van der Waals surface area contributed by atoms with Crippen molar-refractivity contribution in [3.05, 3.63) is 52.7 Å². The van der Waals surface area contributed by atoms with Crippen molar-refractivity contribution in [3.63, 3.8) is 0 Å². The number of piperidine rings is 1. The highest BCUT2D eigenvalue weighted by Crippen LogP contribution is 2.28. The number of likely N-dealkylation sites (tertiary alicyclic amines) is 1. The summed E-state index contributed by atoms with van der Waals surface area (Å²) in [5.41, 5.74) is 1.18. The molecule has 1 aromatic carbocycles. The quantitative estimate of drug-likeness (QED) is 0.350. The molecule has 12 nitrogen and oxygen atoms in total. The van der Waals surface area contributed by atoms with Gasteiger partial charge in [0.25, 0.3) is 15.9 Å². The van der Waals surface area contributed by atoms with Crippen LogP contribution in [0.1, 0.15) is 34.5 Å². The van der Waals surface area contributed by atoms with Crippen LogP contribution in [0.2, 0.25) is 0 Å². The molecule has 2 amide bonds. The number of amides is 2. The summed E-state index contributed by atoms with van der Waals surface area (Å²) in [5, 5.41) is 0. The third kappa shape index (κ3) is 7.50. The Labute approximate surface area is 270 Å². The number of fused-ring (bicyclic) bond motifs is 1. The number of ether oxygens (including phenoxy) is 2. The van der Waals surface area contributed by atoms with Crippen molar-refractivity contribution in [1.82, 2.24) is 14.1 Å². The van der Waals surface area contributed by atoms with Gasteiger partial charge in [0.15, 0.2) is 11.6 Å². The van der Waals surface area contributed by atoms with Gasteiger partial charge in [0.2, 0.25) is 5.91 Å². The van der Waals surface area contributed by atoms with Crippen LogP contribution in [0.25, 0.3) is 0 Å². The molecule has 0 aliphatic carbocycles. The van der Waals surface area contributed by atoms with Crippen LogP contribution >= 0.6 is 11.3 Å². The van der Waals surface area contributed by atoms with E-state index in [4.69, 9.17) is 9.47 Å². The number of sulfonamides is 1. The van der Waals surface area contributed by atoms with Gasteiger partial charge in [0, 0.05) is 41.6 Å². The standard InChI is InChI=1S/C31H36FN5O7S2/c32-23-3-1-21(2-4-23)30(39)22-7-10-35(11-8-22)19-28(38)36(18-27-33-26-9-14-44-20-25(26)31(40)34-27)17-24-5-6-29(45-24)46(41,42)37-12-15-43-16-13-37/h1-6,22,25H,7-20H2. The molecule has 0 bridgehead atoms. The van der Waals surface area contributed by atoms with Crippen LogP contribution in [0.5, 0.6) is 0 Å². The molecule has 4 aliphatic rings. The second kappa shape index (κ2) is 14.3. The van der Waals surface area contributed by atoms with E-state index in [1.807, 2.05) is 4.90 Å². The summed E-state index contributed by atoms with van der Waals surface area (Å²) in [6, 6.07) is 8.82. The number of nitrogens with zero attached hydrogens (tertiary/aromatic N) is 5. The number of ketones is 1. The van der Waals surface area contributed by atoms with Gasteiger partial charge in [-0.15, -0.1) is 11.3 Å². The van der Waals surface area contributed by atoms with Gasteiger partial charge in [-0.25, -0.2) is 17.8 Å². The van der Waals surface area contributed by atoms with E-state index in [-0.39, 0.29) is 72.9 Å². The van der Waals surface area contributed by atoms with E-state index in [0.717, 1.165) is 11.3 Å². The first-order chi connectivity index (χ1) is 22.2. The van der Waals surface area contributed by atoms with Crippen molar-refractivity contribution in [2.75, 3.05) is 65.7 Å². The molecule has 2 aromatic rings. The Kier molecular flexibility index (Phi) is 10.2. The lowest BCUT2D eigenvalue weighted by Gasteiger charge is -2.33. The van der Waals surface area contributed by atoms with Crippen LogP contribution in [-0.4, -0.2) is 117 Å². The number of carbonyl (C=O) groups excluding carboxylic acids is 3. The Balaban J connectivity index is 1.14. The fraction of sp³-hybridized carbons (Fsp3) is 0.516. The van der Waals surface area contributed by atoms with E-state index in [0.29, 0.717) is 68.3 Å². The van der Waals surface area contributed by atoms with Crippen molar-refractivity contribution in [2.45, 2.75) is 30.0 Å². The Bertz CT molecular complexity index is 1630. The predicted octanol–water partition coefficient (Wildman–Crippen LogP) is 2.25. The van der Waals surface area contributed by atoms with E-state index in [9.17, 15) is 27.2 Å². The molecule has 0 spiro atoms. The van der Waals surface area contributed by atoms with Gasteiger partial charge in [-0.3, -0.25) is 19.3 Å². The number of morpholine rings is 1. The van der Waals surface area contributed by atoms with E-state index in [2.05, 4.69) is 9.98 Å². The zero-order valence-electron chi connectivity index (χ0n) is 25.3. The smallest absolute Gasteiger partial charge is 0.258 e. The first-order valence-electron chi connectivity index (χ1n) is 15.4. The normalized spacial score (nSPS) is 21.8. The molecule has 0 saturated carbocycles. The lowest BCUT2D eigenvalue weighted by atomic mass is 9.89. The van der Waals surface area contributed by atoms with Crippen LogP contribution < -0.4 is 0 Å². The summed E-state index contributed by atoms with van der Waals surface area (Å²) in [6.07, 6.45) is 1.65. The summed E-state index contributed by atoms with van der Waals surface area (Å²) < 4.78 is 52.1. The Morgan fingerprint density at radius 1 is 0.957 bits per heavy atom. The maximum absolute atomic E-state index is 13.8. The Hall–Kier alpha value is -3.21. The maximum atomic E-state index is 13.8. The number of aliphatic imine (C=N–C) groups is 2. The second-order valence-corrected chi connectivity index (χ2v) is 15.1. The molecule has 246 valence electrons. The zero-order valence-corrected chi connectivity index (χ0v) is 26.9. The average Bonchev–Trinajstić information content (AvgIpc) is 3.55. The number of amidine groups is 1. The van der Waals surface area contributed by atoms with Crippen molar-refractivity contribution in [3.8, 4) is 0 Å². The van der Waals surface area contributed by atoms with Crippen LogP contribution in [0.4, 0.5) is 4.39 Å². The third-order valence-corrected chi connectivity index (χ3v) is 12.1. The van der Waals surface area contributed by atoms with Crippen LogP contribution in [0.3, 0.4) is 0 Å². The molecule has 15 heteroatoms. The topological polar surface area (TPSA) is 138 Å². The van der Waals surface area contributed by atoms with Crippen molar-refractivity contribution in [1.29, 1.82) is 0 Å². The maximum Gasteiger partial charge on any atom is 0.258 e. The van der Waals surface area contributed by atoms with Crippen molar-refractivity contribution in [2.24, 2.45) is 21.8 Å². The lowest BCUT2D eigenvalue weighted by molar-refractivity contribution is -0.132. The van der Waals surface area contributed by atoms with Gasteiger partial charge in [-0.2, -0.15) is 9.30 Å². The molecule has 1 aromatic heterocycles. The van der Waals surface area contributed by atoms with E-state index >= 15 is 0 Å². The summed E-state index contributed by atoms with van der Waals surface area (Å²) in [5.74, 6) is -1.45. The SMILES string of the molecule is O=C(c1ccc(F)cc1)C1CCN(CC(=O)N(CC2=NC(=O)C3COCCC3=N2)Cc2ccc(S(=O)(=O)N3CCOCC3)s2)CC1. The number of benzene rings is 1. The molecule has 3 saturated heterocycles. The van der Waals surface area contributed by atoms with Gasteiger partial charge >= 0.3 is 0 Å². The van der Waals surface area contributed by atoms with Crippen molar-refractivity contribution >= 4 is 50.5 Å². The minimum Gasteiger partial charge on any atom is -0.380 e. The highest BCUT2D eigenvalue weighted by molar-refractivity contribution is 7.91. The molecule has 0 N–H and O–H groups in total. The summed E-state index contributed by atoms with van der Waals surface area (Å²) in [7, 11) is -3.69. The fourth-order valence-electron chi connectivity index (χ4n) is 6.04. The monoisotopic (exact) mass is 673 g/mol. The molecule has 6 rings (SSSR count). The number of halogens is 1. The molecule has 1 atom stereocenters. The van der Waals surface area contributed by atoms with Gasteiger partial charge in [0.05, 0.1) is 46.1 Å². The number of rotatable bonds is 10. The largest absolute Gasteiger partial charge is 0.380 e. The minimum absolute atomic E-state index is 0.00931. The number of hydrogen-bond acceptors (Lipinski definition) is 10. The van der Waals surface area contributed by atoms with E-state index in [1.54, 1.807) is 17.0 Å².